The van der Waals surface area contributed by atoms with E-state index < -0.39 is 5.97 Å². The average molecular weight is 486 g/mol. The molecule has 0 atom stereocenters. The third-order valence-electron chi connectivity index (χ3n) is 6.03. The van der Waals surface area contributed by atoms with Crippen molar-refractivity contribution in [1.82, 2.24) is 9.88 Å². The van der Waals surface area contributed by atoms with E-state index in [1.54, 1.807) is 11.9 Å². The minimum absolute atomic E-state index is 0.0314. The van der Waals surface area contributed by atoms with E-state index in [4.69, 9.17) is 0 Å². The summed E-state index contributed by atoms with van der Waals surface area (Å²) >= 11 is 0. The number of aromatic nitrogens is 1. The maximum Gasteiger partial charge on any atom is 0.354 e. The number of hydrogen-bond acceptors (Lipinski definition) is 6. The Kier molecular flexibility index (Phi) is 7.00. The molecule has 0 bridgehead atoms. The Hall–Kier alpha value is -4.66. The zero-order chi connectivity index (χ0) is 25.8. The standard InChI is InChI=1S/C27H27N5O4/c1-4-31(2)23(33)16-32(3)19-12-10-18(11-13-19)29-25(17-8-6-5-7-9-17)24-20-15-28-22(27(35)36)14-21(20)30-26(24)34/h5-15,29H,4,16H2,1-3H3,(H,30,34)(H,35,36)/b25-24+. The Morgan fingerprint density at radius 3 is 2.39 bits per heavy atom. The molecule has 2 heterocycles. The van der Waals surface area contributed by atoms with Crippen LogP contribution in [0, 0.1) is 0 Å². The largest absolute Gasteiger partial charge is 0.477 e. The normalized spacial score (nSPS) is 13.5. The molecule has 2 amide bonds. The summed E-state index contributed by atoms with van der Waals surface area (Å²) in [7, 11) is 3.64. The van der Waals surface area contributed by atoms with Gasteiger partial charge in [0.15, 0.2) is 0 Å². The number of fused-ring (bicyclic) bond motifs is 1. The van der Waals surface area contributed by atoms with Crippen molar-refractivity contribution in [3.63, 3.8) is 0 Å². The van der Waals surface area contributed by atoms with Crippen molar-refractivity contribution < 1.29 is 19.5 Å². The molecule has 2 aromatic carbocycles. The fourth-order valence-electron chi connectivity index (χ4n) is 3.85. The summed E-state index contributed by atoms with van der Waals surface area (Å²) in [6, 6.07) is 18.3. The minimum atomic E-state index is -1.17. The molecular weight excluding hydrogens is 458 g/mol. The first-order chi connectivity index (χ1) is 17.3. The van der Waals surface area contributed by atoms with Crippen LogP contribution in [0.3, 0.4) is 0 Å². The van der Waals surface area contributed by atoms with E-state index >= 15 is 0 Å². The number of carboxylic acids is 1. The van der Waals surface area contributed by atoms with Gasteiger partial charge in [0.05, 0.1) is 23.5 Å². The highest BCUT2D eigenvalue weighted by Crippen LogP contribution is 2.37. The predicted octanol–water partition coefficient (Wildman–Crippen LogP) is 3.63. The molecule has 0 saturated carbocycles. The van der Waals surface area contributed by atoms with Crippen LogP contribution in [0.2, 0.25) is 0 Å². The van der Waals surface area contributed by atoms with Gasteiger partial charge >= 0.3 is 5.97 Å². The molecule has 0 unspecified atom stereocenters. The molecule has 36 heavy (non-hydrogen) atoms. The van der Waals surface area contributed by atoms with Crippen LogP contribution < -0.4 is 15.5 Å². The molecule has 0 aliphatic carbocycles. The summed E-state index contributed by atoms with van der Waals surface area (Å²) in [5, 5.41) is 15.4. The van der Waals surface area contributed by atoms with Crippen LogP contribution in [0.4, 0.5) is 17.1 Å². The van der Waals surface area contributed by atoms with E-state index in [0.717, 1.165) is 16.9 Å². The molecule has 1 aromatic heterocycles. The maximum atomic E-state index is 13.0. The molecule has 9 nitrogen and oxygen atoms in total. The van der Waals surface area contributed by atoms with Crippen LogP contribution >= 0.6 is 0 Å². The van der Waals surface area contributed by atoms with Crippen molar-refractivity contribution in [2.24, 2.45) is 0 Å². The number of pyridine rings is 1. The van der Waals surface area contributed by atoms with Crippen LogP contribution in [-0.2, 0) is 9.59 Å². The lowest BCUT2D eigenvalue weighted by Crippen LogP contribution is -2.36. The number of benzene rings is 2. The lowest BCUT2D eigenvalue weighted by Gasteiger charge is -2.23. The van der Waals surface area contributed by atoms with Gasteiger partial charge in [0.2, 0.25) is 5.91 Å². The van der Waals surface area contributed by atoms with Crippen LogP contribution in [0.15, 0.2) is 66.9 Å². The van der Waals surface area contributed by atoms with E-state index in [0.29, 0.717) is 29.1 Å². The van der Waals surface area contributed by atoms with Crippen molar-refractivity contribution in [1.29, 1.82) is 0 Å². The average Bonchev–Trinajstić information content (AvgIpc) is 3.22. The first-order valence-electron chi connectivity index (χ1n) is 11.5. The molecule has 0 saturated heterocycles. The van der Waals surface area contributed by atoms with Gasteiger partial charge in [-0.25, -0.2) is 9.78 Å². The maximum absolute atomic E-state index is 13.0. The first kappa shape index (κ1) is 24.5. The van der Waals surface area contributed by atoms with E-state index in [-0.39, 0.29) is 24.1 Å². The Morgan fingerprint density at radius 1 is 1.06 bits per heavy atom. The molecule has 184 valence electrons. The molecule has 0 fully saturated rings. The summed E-state index contributed by atoms with van der Waals surface area (Å²) in [4.78, 5) is 44.1. The van der Waals surface area contributed by atoms with Crippen molar-refractivity contribution in [2.75, 3.05) is 42.7 Å². The summed E-state index contributed by atoms with van der Waals surface area (Å²) in [5.41, 5.74) is 4.11. The highest BCUT2D eigenvalue weighted by Gasteiger charge is 2.30. The summed E-state index contributed by atoms with van der Waals surface area (Å²) in [6.07, 6.45) is 1.40. The molecular formula is C27H27N5O4. The number of carbonyl (C=O) groups excluding carboxylic acids is 2. The van der Waals surface area contributed by atoms with Crippen LogP contribution in [0.5, 0.6) is 0 Å². The Bertz CT molecular complexity index is 1340. The third kappa shape index (κ3) is 5.05. The molecule has 3 N–H and O–H groups in total. The Labute approximate surface area is 209 Å². The number of hydrogen-bond donors (Lipinski definition) is 3. The molecule has 9 heteroatoms. The number of rotatable bonds is 8. The number of carboxylic acid groups (broad SMARTS) is 1. The molecule has 0 spiro atoms. The summed E-state index contributed by atoms with van der Waals surface area (Å²) < 4.78 is 0. The smallest absolute Gasteiger partial charge is 0.354 e. The molecule has 0 radical (unpaired) electrons. The first-order valence-corrected chi connectivity index (χ1v) is 11.5. The van der Waals surface area contributed by atoms with Gasteiger partial charge in [0, 0.05) is 43.8 Å². The van der Waals surface area contributed by atoms with E-state index in [1.807, 2.05) is 73.5 Å². The van der Waals surface area contributed by atoms with Gasteiger partial charge < -0.3 is 25.5 Å². The van der Waals surface area contributed by atoms with Crippen LogP contribution in [0.1, 0.15) is 28.5 Å². The van der Waals surface area contributed by atoms with E-state index in [1.165, 1.54) is 12.3 Å². The molecule has 3 aromatic rings. The third-order valence-corrected chi connectivity index (χ3v) is 6.03. The van der Waals surface area contributed by atoms with Crippen molar-refractivity contribution >= 4 is 46.1 Å². The van der Waals surface area contributed by atoms with E-state index in [2.05, 4.69) is 15.6 Å². The number of carbonyl (C=O) groups is 3. The monoisotopic (exact) mass is 485 g/mol. The van der Waals surface area contributed by atoms with Crippen molar-refractivity contribution in [3.05, 3.63) is 83.7 Å². The highest BCUT2D eigenvalue weighted by atomic mass is 16.4. The second-order valence-corrected chi connectivity index (χ2v) is 8.43. The predicted molar refractivity (Wildman–Crippen MR) is 140 cm³/mol. The second kappa shape index (κ2) is 10.3. The quantitative estimate of drug-likeness (QED) is 0.418. The molecule has 1 aliphatic rings. The SMILES string of the molecule is CCN(C)C(=O)CN(C)c1ccc(N/C(=C2/C(=O)Nc3cc(C(=O)O)ncc32)c2ccccc2)cc1. The lowest BCUT2D eigenvalue weighted by molar-refractivity contribution is -0.128. The van der Waals surface area contributed by atoms with Gasteiger partial charge in [0.25, 0.3) is 5.91 Å². The van der Waals surface area contributed by atoms with Gasteiger partial charge in [-0.15, -0.1) is 0 Å². The van der Waals surface area contributed by atoms with Crippen LogP contribution in [0.25, 0.3) is 11.3 Å². The second-order valence-electron chi connectivity index (χ2n) is 8.43. The zero-order valence-corrected chi connectivity index (χ0v) is 20.3. The topological polar surface area (TPSA) is 115 Å². The lowest BCUT2D eigenvalue weighted by atomic mass is 10.0. The van der Waals surface area contributed by atoms with Crippen molar-refractivity contribution in [2.45, 2.75) is 6.92 Å². The number of nitrogens with zero attached hydrogens (tertiary/aromatic N) is 3. The van der Waals surface area contributed by atoms with Gasteiger partial charge in [0.1, 0.15) is 5.69 Å². The zero-order valence-electron chi connectivity index (χ0n) is 20.3. The van der Waals surface area contributed by atoms with Gasteiger partial charge in [-0.05, 0) is 42.8 Å². The van der Waals surface area contributed by atoms with Crippen molar-refractivity contribution in [3.8, 4) is 0 Å². The summed E-state index contributed by atoms with van der Waals surface area (Å²) in [5.74, 6) is -1.49. The number of nitrogens with one attached hydrogen (secondary N) is 2. The molecule has 1 aliphatic heterocycles. The van der Waals surface area contributed by atoms with Crippen LogP contribution in [-0.4, -0.2) is 60.0 Å². The Balaban J connectivity index is 1.67. The Morgan fingerprint density at radius 2 is 1.75 bits per heavy atom. The van der Waals surface area contributed by atoms with Gasteiger partial charge in [-0.1, -0.05) is 30.3 Å². The number of amides is 2. The number of aromatic carboxylic acids is 1. The van der Waals surface area contributed by atoms with Gasteiger partial charge in [-0.2, -0.15) is 0 Å². The molecule has 4 rings (SSSR count). The highest BCUT2D eigenvalue weighted by molar-refractivity contribution is 6.37. The summed E-state index contributed by atoms with van der Waals surface area (Å²) in [6.45, 7) is 2.84. The fraction of sp³-hybridized carbons (Fsp3) is 0.185. The fourth-order valence-corrected chi connectivity index (χ4v) is 3.85. The van der Waals surface area contributed by atoms with Gasteiger partial charge in [-0.3, -0.25) is 9.59 Å². The number of likely N-dealkylation sites (N-methyl/N-ethyl adjacent to an activating group) is 2. The number of anilines is 3. The minimum Gasteiger partial charge on any atom is -0.477 e. The van der Waals surface area contributed by atoms with E-state index in [9.17, 15) is 19.5 Å².